The third-order valence-corrected chi connectivity index (χ3v) is 4.25. The molecule has 6 nitrogen and oxygen atoms in total. The van der Waals surface area contributed by atoms with Crippen molar-refractivity contribution in [2.75, 3.05) is 13.6 Å². The zero-order chi connectivity index (χ0) is 17.1. The van der Waals surface area contributed by atoms with E-state index in [9.17, 15) is 0 Å². The first-order valence-electron chi connectivity index (χ1n) is 7.80. The summed E-state index contributed by atoms with van der Waals surface area (Å²) in [6.07, 6.45) is 0.933. The Morgan fingerprint density at radius 2 is 1.96 bits per heavy atom. The highest BCUT2D eigenvalue weighted by molar-refractivity contribution is 6.30. The molecule has 7 heteroatoms. The molecule has 2 aromatic heterocycles. The fraction of sp³-hybridized carbons (Fsp3) is 0.353. The summed E-state index contributed by atoms with van der Waals surface area (Å²) in [5.74, 6) is 1.18. The number of likely N-dealkylation sites (N-methyl/N-ethyl adjacent to an activating group) is 1. The van der Waals surface area contributed by atoms with Crippen molar-refractivity contribution in [2.45, 2.75) is 26.8 Å². The minimum absolute atomic E-state index is 0.580. The predicted octanol–water partition coefficient (Wildman–Crippen LogP) is 3.40. The summed E-state index contributed by atoms with van der Waals surface area (Å²) in [6, 6.07) is 7.39. The van der Waals surface area contributed by atoms with E-state index in [1.54, 1.807) is 0 Å². The maximum Gasteiger partial charge on any atom is 0.241 e. The average Bonchev–Trinajstić information content (AvgIpc) is 3.14. The molecule has 0 saturated heterocycles. The molecule has 0 aliphatic carbocycles. The summed E-state index contributed by atoms with van der Waals surface area (Å²) in [6.45, 7) is 5.57. The van der Waals surface area contributed by atoms with Crippen molar-refractivity contribution in [1.29, 1.82) is 0 Å². The molecular formula is C17H20ClN5O. The lowest BCUT2D eigenvalue weighted by Gasteiger charge is -2.13. The van der Waals surface area contributed by atoms with E-state index in [4.69, 9.17) is 16.1 Å². The van der Waals surface area contributed by atoms with Crippen LogP contribution in [0.5, 0.6) is 0 Å². The fourth-order valence-electron chi connectivity index (χ4n) is 2.59. The molecule has 0 saturated carbocycles. The summed E-state index contributed by atoms with van der Waals surface area (Å²) in [4.78, 5) is 6.61. The van der Waals surface area contributed by atoms with E-state index in [1.165, 1.54) is 5.56 Å². The maximum atomic E-state index is 5.89. The summed E-state index contributed by atoms with van der Waals surface area (Å²) < 4.78 is 5.35. The monoisotopic (exact) mass is 345 g/mol. The summed E-state index contributed by atoms with van der Waals surface area (Å²) in [7, 11) is 2.04. The Bertz CT molecular complexity index is 789. The van der Waals surface area contributed by atoms with Gasteiger partial charge in [-0.3, -0.25) is 10.00 Å². The van der Waals surface area contributed by atoms with Crippen LogP contribution in [0.3, 0.4) is 0 Å². The summed E-state index contributed by atoms with van der Waals surface area (Å²) in [5.41, 5.74) is 4.35. The van der Waals surface area contributed by atoms with Crippen LogP contribution in [0.2, 0.25) is 5.02 Å². The van der Waals surface area contributed by atoms with Crippen molar-refractivity contribution >= 4 is 11.6 Å². The van der Waals surface area contributed by atoms with Gasteiger partial charge in [-0.1, -0.05) is 16.8 Å². The van der Waals surface area contributed by atoms with E-state index in [1.807, 2.05) is 45.2 Å². The van der Waals surface area contributed by atoms with Crippen LogP contribution in [0, 0.1) is 13.8 Å². The maximum absolute atomic E-state index is 5.89. The minimum Gasteiger partial charge on any atom is -0.338 e. The molecule has 3 rings (SSSR count). The highest BCUT2D eigenvalue weighted by Gasteiger charge is 2.12. The normalized spacial score (nSPS) is 11.4. The number of aryl methyl sites for hydroxylation is 2. The lowest BCUT2D eigenvalue weighted by molar-refractivity contribution is 0.269. The molecule has 0 spiro atoms. The Hall–Kier alpha value is -2.18. The van der Waals surface area contributed by atoms with Crippen LogP contribution in [0.25, 0.3) is 11.4 Å². The van der Waals surface area contributed by atoms with Gasteiger partial charge in [0.25, 0.3) is 0 Å². The number of aromatic nitrogens is 4. The van der Waals surface area contributed by atoms with Crippen LogP contribution in [0.15, 0.2) is 28.8 Å². The van der Waals surface area contributed by atoms with Gasteiger partial charge in [-0.15, -0.1) is 0 Å². The van der Waals surface area contributed by atoms with Crippen molar-refractivity contribution < 1.29 is 4.52 Å². The van der Waals surface area contributed by atoms with Gasteiger partial charge in [0.2, 0.25) is 11.7 Å². The van der Waals surface area contributed by atoms with Crippen molar-refractivity contribution in [1.82, 2.24) is 25.2 Å². The van der Waals surface area contributed by atoms with Crippen molar-refractivity contribution in [3.8, 4) is 11.4 Å². The number of hydrogen-bond acceptors (Lipinski definition) is 5. The molecule has 1 N–H and O–H groups in total. The lowest BCUT2D eigenvalue weighted by atomic mass is 10.1. The topological polar surface area (TPSA) is 70.8 Å². The third-order valence-electron chi connectivity index (χ3n) is 4.00. The first-order chi connectivity index (χ1) is 11.5. The molecule has 2 heterocycles. The molecule has 0 unspecified atom stereocenters. The second-order valence-corrected chi connectivity index (χ2v) is 6.36. The Kier molecular flexibility index (Phi) is 4.97. The number of aromatic amines is 1. The molecule has 0 bridgehead atoms. The minimum atomic E-state index is 0.580. The van der Waals surface area contributed by atoms with Gasteiger partial charge in [0.1, 0.15) is 0 Å². The van der Waals surface area contributed by atoms with Gasteiger partial charge in [-0.05, 0) is 57.1 Å². The number of nitrogens with zero attached hydrogens (tertiary/aromatic N) is 4. The van der Waals surface area contributed by atoms with Gasteiger partial charge in [-0.25, -0.2) is 0 Å². The van der Waals surface area contributed by atoms with Gasteiger partial charge < -0.3 is 4.52 Å². The largest absolute Gasteiger partial charge is 0.338 e. The third kappa shape index (κ3) is 3.83. The number of nitrogens with one attached hydrogen (secondary N) is 1. The number of H-pyrrole nitrogens is 1. The van der Waals surface area contributed by atoms with E-state index in [-0.39, 0.29) is 0 Å². The molecule has 1 aromatic carbocycles. The van der Waals surface area contributed by atoms with Crippen LogP contribution in [-0.4, -0.2) is 38.8 Å². The molecule has 0 aliphatic rings. The number of halogens is 1. The van der Waals surface area contributed by atoms with Crippen LogP contribution in [-0.2, 0) is 13.0 Å². The Morgan fingerprint density at radius 1 is 1.21 bits per heavy atom. The predicted molar refractivity (Wildman–Crippen MR) is 92.8 cm³/mol. The Morgan fingerprint density at radius 3 is 2.62 bits per heavy atom. The zero-order valence-electron chi connectivity index (χ0n) is 14.0. The van der Waals surface area contributed by atoms with E-state index in [0.29, 0.717) is 23.3 Å². The van der Waals surface area contributed by atoms with Crippen LogP contribution < -0.4 is 0 Å². The Balaban J connectivity index is 1.59. The Labute approximate surface area is 145 Å². The highest BCUT2D eigenvalue weighted by atomic mass is 35.5. The zero-order valence-corrected chi connectivity index (χ0v) is 14.8. The van der Waals surface area contributed by atoms with E-state index in [0.717, 1.165) is 29.9 Å². The van der Waals surface area contributed by atoms with Crippen LogP contribution >= 0.6 is 11.6 Å². The fourth-order valence-corrected chi connectivity index (χ4v) is 2.72. The van der Waals surface area contributed by atoms with E-state index >= 15 is 0 Å². The van der Waals surface area contributed by atoms with Crippen molar-refractivity contribution in [2.24, 2.45) is 0 Å². The number of rotatable bonds is 6. The summed E-state index contributed by atoms with van der Waals surface area (Å²) >= 11 is 5.89. The van der Waals surface area contributed by atoms with Gasteiger partial charge >= 0.3 is 0 Å². The second kappa shape index (κ2) is 7.15. The lowest BCUT2D eigenvalue weighted by Crippen LogP contribution is -2.21. The van der Waals surface area contributed by atoms with Gasteiger partial charge in [0, 0.05) is 22.8 Å². The first kappa shape index (κ1) is 16.7. The first-order valence-corrected chi connectivity index (χ1v) is 8.18. The molecule has 126 valence electrons. The highest BCUT2D eigenvalue weighted by Crippen LogP contribution is 2.19. The smallest absolute Gasteiger partial charge is 0.241 e. The summed E-state index contributed by atoms with van der Waals surface area (Å²) in [5, 5.41) is 12.0. The van der Waals surface area contributed by atoms with Crippen molar-refractivity contribution in [3.05, 3.63) is 52.1 Å². The molecule has 0 aliphatic heterocycles. The van der Waals surface area contributed by atoms with Crippen LogP contribution in [0.1, 0.15) is 22.8 Å². The number of benzene rings is 1. The molecule has 0 atom stereocenters. The quantitative estimate of drug-likeness (QED) is 0.741. The number of hydrogen-bond donors (Lipinski definition) is 1. The molecule has 0 amide bonds. The molecule has 3 aromatic rings. The van der Waals surface area contributed by atoms with Gasteiger partial charge in [0.15, 0.2) is 0 Å². The molecular weight excluding hydrogens is 326 g/mol. The second-order valence-electron chi connectivity index (χ2n) is 5.92. The molecule has 0 fully saturated rings. The van der Waals surface area contributed by atoms with E-state index < -0.39 is 0 Å². The van der Waals surface area contributed by atoms with Crippen molar-refractivity contribution in [3.63, 3.8) is 0 Å². The molecule has 0 radical (unpaired) electrons. The standard InChI is InChI=1S/C17H20ClN5O/c1-11-15(12(2)21-20-11)8-9-23(3)10-16-19-17(22-24-16)13-4-6-14(18)7-5-13/h4-7H,8-10H2,1-3H3,(H,20,21). The SMILES string of the molecule is Cc1n[nH]c(C)c1CCN(C)Cc1nc(-c2ccc(Cl)cc2)no1. The van der Waals surface area contributed by atoms with E-state index in [2.05, 4.69) is 25.2 Å². The van der Waals surface area contributed by atoms with Gasteiger partial charge in [0.05, 0.1) is 12.2 Å². The van der Waals surface area contributed by atoms with Gasteiger partial charge in [-0.2, -0.15) is 10.1 Å². The average molecular weight is 346 g/mol. The van der Waals surface area contributed by atoms with Crippen LogP contribution in [0.4, 0.5) is 0 Å². The molecule has 24 heavy (non-hydrogen) atoms.